The Hall–Kier alpha value is -3.27. The molecule has 0 aliphatic carbocycles. The van der Waals surface area contributed by atoms with Crippen molar-refractivity contribution in [1.82, 2.24) is 0 Å². The van der Waals surface area contributed by atoms with Crippen LogP contribution in [0.3, 0.4) is 0 Å². The monoisotopic (exact) mass is 360 g/mol. The molecule has 4 nitrogen and oxygen atoms in total. The molecule has 0 heterocycles. The Labute approximate surface area is 148 Å². The van der Waals surface area contributed by atoms with Gasteiger partial charge in [-0.3, -0.25) is 4.79 Å². The fraction of sp³-hybridized carbons (Fsp3) is 0.158. The van der Waals surface area contributed by atoms with Crippen molar-refractivity contribution in [2.75, 3.05) is 11.9 Å². The Morgan fingerprint density at radius 2 is 1.77 bits per heavy atom. The van der Waals surface area contributed by atoms with Gasteiger partial charge in [-0.2, -0.15) is 18.4 Å². The Balaban J connectivity index is 2.12. The van der Waals surface area contributed by atoms with E-state index in [4.69, 9.17) is 4.74 Å². The summed E-state index contributed by atoms with van der Waals surface area (Å²) in [7, 11) is 0. The van der Waals surface area contributed by atoms with Crippen LogP contribution in [-0.2, 0) is 11.0 Å². The zero-order chi connectivity index (χ0) is 19.2. The molecule has 0 aliphatic rings. The van der Waals surface area contributed by atoms with E-state index < -0.39 is 17.6 Å². The number of ether oxygens (including phenoxy) is 1. The minimum Gasteiger partial charge on any atom is -0.494 e. The first-order valence-corrected chi connectivity index (χ1v) is 7.66. The van der Waals surface area contributed by atoms with Crippen molar-refractivity contribution < 1.29 is 22.7 Å². The Morgan fingerprint density at radius 1 is 1.15 bits per heavy atom. The second-order valence-corrected chi connectivity index (χ2v) is 5.20. The van der Waals surface area contributed by atoms with Crippen molar-refractivity contribution >= 4 is 17.7 Å². The Bertz CT molecular complexity index is 833. The van der Waals surface area contributed by atoms with Crippen molar-refractivity contribution in [1.29, 1.82) is 5.26 Å². The minimum atomic E-state index is -4.45. The maximum Gasteiger partial charge on any atom is 0.416 e. The fourth-order valence-electron chi connectivity index (χ4n) is 2.08. The molecule has 0 radical (unpaired) electrons. The molecule has 0 bridgehead atoms. The van der Waals surface area contributed by atoms with Gasteiger partial charge in [-0.1, -0.05) is 12.1 Å². The van der Waals surface area contributed by atoms with E-state index in [9.17, 15) is 23.2 Å². The smallest absolute Gasteiger partial charge is 0.416 e. The van der Waals surface area contributed by atoms with Crippen LogP contribution in [0.2, 0.25) is 0 Å². The second-order valence-electron chi connectivity index (χ2n) is 5.20. The highest BCUT2D eigenvalue weighted by molar-refractivity contribution is 6.09. The van der Waals surface area contributed by atoms with Crippen LogP contribution in [0, 0.1) is 11.3 Å². The van der Waals surface area contributed by atoms with Gasteiger partial charge in [-0.05, 0) is 55.0 Å². The fourth-order valence-corrected chi connectivity index (χ4v) is 2.08. The zero-order valence-electron chi connectivity index (χ0n) is 13.8. The lowest BCUT2D eigenvalue weighted by atomic mass is 10.1. The third-order valence-electron chi connectivity index (χ3n) is 3.34. The molecule has 7 heteroatoms. The molecule has 0 aliphatic heterocycles. The number of hydrogen-bond acceptors (Lipinski definition) is 3. The first kappa shape index (κ1) is 19.1. The van der Waals surface area contributed by atoms with Crippen LogP contribution < -0.4 is 10.1 Å². The summed E-state index contributed by atoms with van der Waals surface area (Å²) in [5.74, 6) is -0.0430. The summed E-state index contributed by atoms with van der Waals surface area (Å²) >= 11 is 0. The lowest BCUT2D eigenvalue weighted by Crippen LogP contribution is -2.13. The minimum absolute atomic E-state index is 0.163. The number of hydrogen-bond donors (Lipinski definition) is 1. The molecule has 2 aromatic carbocycles. The van der Waals surface area contributed by atoms with Gasteiger partial charge in [0.05, 0.1) is 12.2 Å². The van der Waals surface area contributed by atoms with Crippen molar-refractivity contribution in [3.63, 3.8) is 0 Å². The first-order chi connectivity index (χ1) is 12.3. The van der Waals surface area contributed by atoms with Gasteiger partial charge >= 0.3 is 6.18 Å². The van der Waals surface area contributed by atoms with Crippen molar-refractivity contribution in [3.8, 4) is 11.8 Å². The van der Waals surface area contributed by atoms with Crippen LogP contribution in [-0.4, -0.2) is 12.5 Å². The molecule has 2 aromatic rings. The molecule has 0 saturated carbocycles. The van der Waals surface area contributed by atoms with Gasteiger partial charge in [-0.25, -0.2) is 0 Å². The third kappa shape index (κ3) is 5.11. The Kier molecular flexibility index (Phi) is 6.02. The highest BCUT2D eigenvalue weighted by Gasteiger charge is 2.30. The average molecular weight is 360 g/mol. The largest absolute Gasteiger partial charge is 0.494 e. The highest BCUT2D eigenvalue weighted by Crippen LogP contribution is 2.29. The van der Waals surface area contributed by atoms with Gasteiger partial charge in [0.25, 0.3) is 5.91 Å². The third-order valence-corrected chi connectivity index (χ3v) is 3.34. The van der Waals surface area contributed by atoms with E-state index in [0.717, 1.165) is 24.3 Å². The molecule has 0 spiro atoms. The van der Waals surface area contributed by atoms with Crippen LogP contribution in [0.15, 0.2) is 54.1 Å². The van der Waals surface area contributed by atoms with Crippen molar-refractivity contribution in [2.24, 2.45) is 0 Å². The predicted molar refractivity (Wildman–Crippen MR) is 91.3 cm³/mol. The number of carbonyl (C=O) groups is 1. The molecule has 1 amide bonds. The van der Waals surface area contributed by atoms with Crippen molar-refractivity contribution in [3.05, 3.63) is 65.2 Å². The number of carbonyl (C=O) groups excluding carboxylic acids is 1. The summed E-state index contributed by atoms with van der Waals surface area (Å²) in [5.41, 5.74) is -0.210. The van der Waals surface area contributed by atoms with Gasteiger partial charge in [0, 0.05) is 5.69 Å². The number of nitrogens with one attached hydrogen (secondary N) is 1. The summed E-state index contributed by atoms with van der Waals surface area (Å²) < 4.78 is 42.9. The summed E-state index contributed by atoms with van der Waals surface area (Å²) in [6, 6.07) is 12.6. The predicted octanol–water partition coefficient (Wildman–Crippen LogP) is 4.65. The second kappa shape index (κ2) is 8.21. The van der Waals surface area contributed by atoms with Crippen molar-refractivity contribution in [2.45, 2.75) is 13.1 Å². The van der Waals surface area contributed by atoms with Gasteiger partial charge in [0.15, 0.2) is 0 Å². The lowest BCUT2D eigenvalue weighted by molar-refractivity contribution is -0.137. The molecule has 0 saturated heterocycles. The molecule has 2 rings (SSSR count). The highest BCUT2D eigenvalue weighted by atomic mass is 19.4. The van der Waals surface area contributed by atoms with Crippen LogP contribution in [0.25, 0.3) is 6.08 Å². The van der Waals surface area contributed by atoms with Gasteiger partial charge in [0.1, 0.15) is 17.4 Å². The molecule has 0 unspecified atom stereocenters. The van der Waals surface area contributed by atoms with Gasteiger partial charge < -0.3 is 10.1 Å². The number of alkyl halides is 3. The van der Waals surface area contributed by atoms with Gasteiger partial charge in [0.2, 0.25) is 0 Å². The first-order valence-electron chi connectivity index (χ1n) is 7.66. The number of halogens is 3. The molecule has 0 atom stereocenters. The lowest BCUT2D eigenvalue weighted by Gasteiger charge is -2.08. The van der Waals surface area contributed by atoms with E-state index in [-0.39, 0.29) is 11.3 Å². The standard InChI is InChI=1S/C19H15F3N2O2/c1-2-26-17-9-3-13(4-10-17)11-14(12-23)18(25)24-16-7-5-15(6-8-16)19(20,21)22/h3-11H,2H2,1H3,(H,24,25). The summed E-state index contributed by atoms with van der Waals surface area (Å²) in [6.45, 7) is 2.38. The number of amides is 1. The van der Waals surface area contributed by atoms with Gasteiger partial charge in [-0.15, -0.1) is 0 Å². The van der Waals surface area contributed by atoms with E-state index in [1.165, 1.54) is 6.08 Å². The zero-order valence-corrected chi connectivity index (χ0v) is 13.8. The number of rotatable bonds is 5. The molecular weight excluding hydrogens is 345 g/mol. The number of anilines is 1. The quantitative estimate of drug-likeness (QED) is 0.624. The normalized spacial score (nSPS) is 11.6. The van der Waals surface area contributed by atoms with Crippen LogP contribution in [0.5, 0.6) is 5.75 Å². The van der Waals surface area contributed by atoms with E-state index in [0.29, 0.717) is 17.9 Å². The molecule has 0 aromatic heterocycles. The molecule has 26 heavy (non-hydrogen) atoms. The summed E-state index contributed by atoms with van der Waals surface area (Å²) in [4.78, 5) is 12.2. The molecular formula is C19H15F3N2O2. The Morgan fingerprint density at radius 3 is 2.27 bits per heavy atom. The maximum absolute atomic E-state index is 12.5. The van der Waals surface area contributed by atoms with E-state index in [1.807, 2.05) is 6.92 Å². The number of benzene rings is 2. The SMILES string of the molecule is CCOc1ccc(C=C(C#N)C(=O)Nc2ccc(C(F)(F)F)cc2)cc1. The van der Waals surface area contributed by atoms with E-state index in [2.05, 4.69) is 5.32 Å². The summed E-state index contributed by atoms with van der Waals surface area (Å²) in [6.07, 6.45) is -3.07. The molecule has 0 fully saturated rings. The number of nitriles is 1. The molecule has 1 N–H and O–H groups in total. The van der Waals surface area contributed by atoms with Crippen LogP contribution in [0.4, 0.5) is 18.9 Å². The topological polar surface area (TPSA) is 62.1 Å². The summed E-state index contributed by atoms with van der Waals surface area (Å²) in [5, 5.41) is 11.6. The van der Waals surface area contributed by atoms with Crippen LogP contribution in [0.1, 0.15) is 18.1 Å². The maximum atomic E-state index is 12.5. The van der Waals surface area contributed by atoms with E-state index >= 15 is 0 Å². The average Bonchev–Trinajstić information content (AvgIpc) is 2.61. The molecule has 134 valence electrons. The van der Waals surface area contributed by atoms with Crippen LogP contribution >= 0.6 is 0 Å². The number of nitrogens with zero attached hydrogens (tertiary/aromatic N) is 1. The van der Waals surface area contributed by atoms with E-state index in [1.54, 1.807) is 30.3 Å².